The SMILES string of the molecule is O=C(CSc1ncns1)c1ccc[nH]1. The fraction of sp³-hybridized carbons (Fsp3) is 0.125. The lowest BCUT2D eigenvalue weighted by atomic mass is 10.3. The number of carbonyl (C=O) groups excluding carboxylic acids is 1. The molecule has 1 N–H and O–H groups in total. The Bertz CT molecular complexity index is 396. The van der Waals surface area contributed by atoms with Crippen LogP contribution in [0, 0.1) is 0 Å². The molecule has 2 aromatic heterocycles. The molecular weight excluding hydrogens is 218 g/mol. The number of H-pyrrole nitrogens is 1. The van der Waals surface area contributed by atoms with Gasteiger partial charge in [-0.3, -0.25) is 4.79 Å². The van der Waals surface area contributed by atoms with Gasteiger partial charge in [0.2, 0.25) is 0 Å². The van der Waals surface area contributed by atoms with Crippen LogP contribution in [-0.4, -0.2) is 25.9 Å². The quantitative estimate of drug-likeness (QED) is 0.637. The molecule has 0 aliphatic heterocycles. The number of hydrogen-bond donors (Lipinski definition) is 1. The Kier molecular flexibility index (Phi) is 2.95. The van der Waals surface area contributed by atoms with Crippen LogP contribution in [0.2, 0.25) is 0 Å². The first-order chi connectivity index (χ1) is 6.86. The highest BCUT2D eigenvalue weighted by molar-refractivity contribution is 8.01. The van der Waals surface area contributed by atoms with Gasteiger partial charge < -0.3 is 4.98 Å². The molecule has 0 unspecified atom stereocenters. The number of aromatic nitrogens is 3. The molecule has 6 heteroatoms. The monoisotopic (exact) mass is 225 g/mol. The number of Topliss-reactive ketones (excluding diaryl/α,β-unsaturated/α-hetero) is 1. The molecule has 0 fully saturated rings. The van der Waals surface area contributed by atoms with Gasteiger partial charge in [-0.15, -0.1) is 0 Å². The predicted octanol–water partition coefficient (Wildman–Crippen LogP) is 1.84. The molecule has 0 saturated heterocycles. The molecule has 0 spiro atoms. The summed E-state index contributed by atoms with van der Waals surface area (Å²) in [6, 6.07) is 3.58. The first kappa shape index (κ1) is 9.42. The lowest BCUT2D eigenvalue weighted by Crippen LogP contribution is -2.02. The molecule has 14 heavy (non-hydrogen) atoms. The Hall–Kier alpha value is -1.14. The van der Waals surface area contributed by atoms with Gasteiger partial charge in [0.1, 0.15) is 6.33 Å². The zero-order valence-electron chi connectivity index (χ0n) is 7.14. The highest BCUT2D eigenvalue weighted by Crippen LogP contribution is 2.18. The van der Waals surface area contributed by atoms with E-state index in [2.05, 4.69) is 14.3 Å². The number of aromatic amines is 1. The number of carbonyl (C=O) groups is 1. The van der Waals surface area contributed by atoms with Crippen molar-refractivity contribution < 1.29 is 4.79 Å². The summed E-state index contributed by atoms with van der Waals surface area (Å²) in [7, 11) is 0. The normalized spacial score (nSPS) is 10.3. The number of nitrogens with one attached hydrogen (secondary N) is 1. The van der Waals surface area contributed by atoms with Gasteiger partial charge >= 0.3 is 0 Å². The Balaban J connectivity index is 1.90. The second kappa shape index (κ2) is 4.39. The van der Waals surface area contributed by atoms with Crippen LogP contribution >= 0.6 is 23.3 Å². The Morgan fingerprint density at radius 2 is 2.57 bits per heavy atom. The second-order valence-electron chi connectivity index (χ2n) is 2.50. The molecule has 0 bridgehead atoms. The van der Waals surface area contributed by atoms with Crippen LogP contribution in [-0.2, 0) is 0 Å². The Morgan fingerprint density at radius 3 is 3.21 bits per heavy atom. The summed E-state index contributed by atoms with van der Waals surface area (Å²) in [5.74, 6) is 0.477. The molecule has 0 radical (unpaired) electrons. The summed E-state index contributed by atoms with van der Waals surface area (Å²) < 4.78 is 4.68. The van der Waals surface area contributed by atoms with Crippen molar-refractivity contribution in [3.05, 3.63) is 30.4 Å². The van der Waals surface area contributed by atoms with Crippen molar-refractivity contribution in [3.8, 4) is 0 Å². The maximum absolute atomic E-state index is 11.5. The van der Waals surface area contributed by atoms with E-state index < -0.39 is 0 Å². The number of rotatable bonds is 4. The van der Waals surface area contributed by atoms with Crippen LogP contribution in [0.1, 0.15) is 10.5 Å². The van der Waals surface area contributed by atoms with Crippen LogP contribution in [0.15, 0.2) is 29.0 Å². The van der Waals surface area contributed by atoms with Crippen molar-refractivity contribution in [2.45, 2.75) is 4.34 Å². The van der Waals surface area contributed by atoms with Crippen LogP contribution in [0.25, 0.3) is 0 Å². The van der Waals surface area contributed by atoms with E-state index in [0.29, 0.717) is 11.4 Å². The summed E-state index contributed by atoms with van der Waals surface area (Å²) >= 11 is 2.71. The van der Waals surface area contributed by atoms with Gasteiger partial charge in [-0.25, -0.2) is 4.98 Å². The van der Waals surface area contributed by atoms with Crippen molar-refractivity contribution in [1.29, 1.82) is 0 Å². The van der Waals surface area contributed by atoms with Crippen molar-refractivity contribution >= 4 is 29.1 Å². The molecule has 0 saturated carbocycles. The van der Waals surface area contributed by atoms with Gasteiger partial charge in [0.05, 0.1) is 11.4 Å². The fourth-order valence-corrected chi connectivity index (χ4v) is 2.26. The van der Waals surface area contributed by atoms with E-state index in [1.165, 1.54) is 29.6 Å². The molecule has 2 rings (SSSR count). The molecule has 72 valence electrons. The largest absolute Gasteiger partial charge is 0.359 e. The van der Waals surface area contributed by atoms with Crippen LogP contribution < -0.4 is 0 Å². The molecule has 0 aromatic carbocycles. The highest BCUT2D eigenvalue weighted by atomic mass is 32.2. The Morgan fingerprint density at radius 1 is 1.64 bits per heavy atom. The van der Waals surface area contributed by atoms with Crippen molar-refractivity contribution in [3.63, 3.8) is 0 Å². The molecular formula is C8H7N3OS2. The highest BCUT2D eigenvalue weighted by Gasteiger charge is 2.07. The third kappa shape index (κ3) is 2.21. The van der Waals surface area contributed by atoms with E-state index in [0.717, 1.165) is 4.34 Å². The van der Waals surface area contributed by atoms with Crippen LogP contribution in [0.3, 0.4) is 0 Å². The summed E-state index contributed by atoms with van der Waals surface area (Å²) in [6.45, 7) is 0. The summed E-state index contributed by atoms with van der Waals surface area (Å²) in [5.41, 5.74) is 0.641. The van der Waals surface area contributed by atoms with Gasteiger partial charge in [-0.2, -0.15) is 4.37 Å². The summed E-state index contributed by atoms with van der Waals surface area (Å²) in [5, 5.41) is 0. The van der Waals surface area contributed by atoms with E-state index >= 15 is 0 Å². The minimum atomic E-state index is 0.0789. The molecule has 0 atom stereocenters. The first-order valence-corrected chi connectivity index (χ1v) is 5.68. The fourth-order valence-electron chi connectivity index (χ4n) is 0.935. The number of hydrogen-bond acceptors (Lipinski definition) is 5. The maximum Gasteiger partial charge on any atom is 0.189 e. The smallest absolute Gasteiger partial charge is 0.189 e. The standard InChI is InChI=1S/C8H7N3OS2/c12-7(6-2-1-3-9-6)4-13-8-10-5-11-14-8/h1-3,5,9H,4H2. The molecule has 2 heterocycles. The van der Waals surface area contributed by atoms with Crippen LogP contribution in [0.4, 0.5) is 0 Å². The summed E-state index contributed by atoms with van der Waals surface area (Å²) in [6.07, 6.45) is 3.23. The molecule has 0 amide bonds. The van der Waals surface area contributed by atoms with E-state index in [9.17, 15) is 4.79 Å². The van der Waals surface area contributed by atoms with Gasteiger partial charge in [0.25, 0.3) is 0 Å². The lowest BCUT2D eigenvalue weighted by molar-refractivity contribution is 0.101. The van der Waals surface area contributed by atoms with Gasteiger partial charge in [-0.1, -0.05) is 11.8 Å². The third-order valence-corrected chi connectivity index (χ3v) is 3.36. The minimum absolute atomic E-state index is 0.0789. The molecule has 2 aromatic rings. The zero-order chi connectivity index (χ0) is 9.80. The molecule has 0 aliphatic rings. The van der Waals surface area contributed by atoms with Crippen molar-refractivity contribution in [2.24, 2.45) is 0 Å². The predicted molar refractivity (Wildman–Crippen MR) is 55.8 cm³/mol. The Labute approximate surface area is 88.9 Å². The molecule has 4 nitrogen and oxygen atoms in total. The zero-order valence-corrected chi connectivity index (χ0v) is 8.77. The lowest BCUT2D eigenvalue weighted by Gasteiger charge is -1.94. The second-order valence-corrected chi connectivity index (χ2v) is 4.51. The van der Waals surface area contributed by atoms with Crippen molar-refractivity contribution in [1.82, 2.24) is 14.3 Å². The van der Waals surface area contributed by atoms with E-state index in [1.54, 1.807) is 12.3 Å². The maximum atomic E-state index is 11.5. The van der Waals surface area contributed by atoms with Gasteiger partial charge in [-0.05, 0) is 23.7 Å². The van der Waals surface area contributed by atoms with Crippen molar-refractivity contribution in [2.75, 3.05) is 5.75 Å². The minimum Gasteiger partial charge on any atom is -0.359 e. The number of nitrogens with zero attached hydrogens (tertiary/aromatic N) is 2. The molecule has 0 aliphatic carbocycles. The average Bonchev–Trinajstić information content (AvgIpc) is 2.87. The topological polar surface area (TPSA) is 58.6 Å². The number of ketones is 1. The van der Waals surface area contributed by atoms with E-state index in [4.69, 9.17) is 0 Å². The first-order valence-electron chi connectivity index (χ1n) is 3.92. The van der Waals surface area contributed by atoms with Gasteiger partial charge in [0, 0.05) is 6.20 Å². The summed E-state index contributed by atoms with van der Waals surface area (Å²) in [4.78, 5) is 18.4. The average molecular weight is 225 g/mol. The van der Waals surface area contributed by atoms with E-state index in [-0.39, 0.29) is 5.78 Å². The van der Waals surface area contributed by atoms with Crippen LogP contribution in [0.5, 0.6) is 0 Å². The van der Waals surface area contributed by atoms with Gasteiger partial charge in [0.15, 0.2) is 10.1 Å². The third-order valence-electron chi connectivity index (χ3n) is 1.57. The van der Waals surface area contributed by atoms with E-state index in [1.807, 2.05) is 6.07 Å². The number of thioether (sulfide) groups is 1.